The smallest absolute Gasteiger partial charge is 0.231 e. The summed E-state index contributed by atoms with van der Waals surface area (Å²) >= 11 is 1.96. The molecule has 7 heteroatoms. The van der Waals surface area contributed by atoms with Crippen LogP contribution in [0.1, 0.15) is 19.3 Å². The van der Waals surface area contributed by atoms with E-state index in [1.54, 1.807) is 7.05 Å². The number of ether oxygens (including phenoxy) is 3. The third-order valence-electron chi connectivity index (χ3n) is 4.29. The van der Waals surface area contributed by atoms with Crippen molar-refractivity contribution in [2.45, 2.75) is 30.6 Å². The first-order valence-corrected chi connectivity index (χ1v) is 9.59. The summed E-state index contributed by atoms with van der Waals surface area (Å²) in [7, 11) is 1.80. The molecule has 1 aliphatic heterocycles. The van der Waals surface area contributed by atoms with Gasteiger partial charge in [-0.15, -0.1) is 0 Å². The Kier molecular flexibility index (Phi) is 5.96. The number of rotatable bonds is 6. The second kappa shape index (κ2) is 8.37. The van der Waals surface area contributed by atoms with Crippen LogP contribution in [0, 0.1) is 0 Å². The molecule has 2 unspecified atom stereocenters. The van der Waals surface area contributed by atoms with Crippen LogP contribution in [0.4, 0.5) is 0 Å². The first-order chi connectivity index (χ1) is 11.8. The number of guanidine groups is 1. The van der Waals surface area contributed by atoms with Crippen LogP contribution in [0.2, 0.25) is 0 Å². The Hall–Kier alpha value is -1.76. The highest BCUT2D eigenvalue weighted by atomic mass is 32.2. The fourth-order valence-electron chi connectivity index (χ4n) is 2.98. The SMILES string of the molecule is CN=C(NCCOc1ccc2c(c1)OCO2)NC1CCC(SC)C1. The van der Waals surface area contributed by atoms with Crippen molar-refractivity contribution in [1.82, 2.24) is 10.6 Å². The third-order valence-corrected chi connectivity index (χ3v) is 5.38. The molecule has 2 N–H and O–H groups in total. The van der Waals surface area contributed by atoms with Crippen LogP contribution in [-0.2, 0) is 0 Å². The van der Waals surface area contributed by atoms with E-state index in [-0.39, 0.29) is 6.79 Å². The number of hydrogen-bond acceptors (Lipinski definition) is 5. The Labute approximate surface area is 147 Å². The number of nitrogens with zero attached hydrogens (tertiary/aromatic N) is 1. The van der Waals surface area contributed by atoms with Crippen LogP contribution < -0.4 is 24.8 Å². The van der Waals surface area contributed by atoms with E-state index in [0.717, 1.165) is 28.5 Å². The molecule has 1 saturated carbocycles. The minimum atomic E-state index is 0.279. The molecule has 6 nitrogen and oxygen atoms in total. The molecular formula is C17H25N3O3S. The predicted octanol–water partition coefficient (Wildman–Crippen LogP) is 2.24. The largest absolute Gasteiger partial charge is 0.492 e. The van der Waals surface area contributed by atoms with Gasteiger partial charge in [-0.3, -0.25) is 4.99 Å². The lowest BCUT2D eigenvalue weighted by atomic mass is 10.2. The van der Waals surface area contributed by atoms with E-state index in [1.807, 2.05) is 30.0 Å². The number of thioether (sulfide) groups is 1. The Morgan fingerprint density at radius 2 is 2.21 bits per heavy atom. The summed E-state index contributed by atoms with van der Waals surface area (Å²) in [5.41, 5.74) is 0. The zero-order chi connectivity index (χ0) is 16.8. The molecule has 132 valence electrons. The van der Waals surface area contributed by atoms with Crippen LogP contribution in [0.15, 0.2) is 23.2 Å². The second-order valence-electron chi connectivity index (χ2n) is 5.87. The van der Waals surface area contributed by atoms with Crippen molar-refractivity contribution in [2.24, 2.45) is 4.99 Å². The molecule has 0 radical (unpaired) electrons. The van der Waals surface area contributed by atoms with Crippen molar-refractivity contribution in [3.8, 4) is 17.2 Å². The van der Waals surface area contributed by atoms with Crippen molar-refractivity contribution in [3.05, 3.63) is 18.2 Å². The second-order valence-corrected chi connectivity index (χ2v) is 7.01. The van der Waals surface area contributed by atoms with E-state index in [9.17, 15) is 0 Å². The molecular weight excluding hydrogens is 326 g/mol. The molecule has 0 spiro atoms. The summed E-state index contributed by atoms with van der Waals surface area (Å²) < 4.78 is 16.4. The third kappa shape index (κ3) is 4.41. The van der Waals surface area contributed by atoms with Crippen LogP contribution in [0.5, 0.6) is 17.2 Å². The average molecular weight is 351 g/mol. The van der Waals surface area contributed by atoms with Gasteiger partial charge in [0.2, 0.25) is 6.79 Å². The number of nitrogens with one attached hydrogen (secondary N) is 2. The van der Waals surface area contributed by atoms with Gasteiger partial charge in [0.1, 0.15) is 12.4 Å². The van der Waals surface area contributed by atoms with E-state index in [2.05, 4.69) is 21.9 Å². The lowest BCUT2D eigenvalue weighted by molar-refractivity contribution is 0.173. The number of aliphatic imine (C=N–C) groups is 1. The number of benzene rings is 1. The molecule has 1 fully saturated rings. The van der Waals surface area contributed by atoms with Gasteiger partial charge in [0.25, 0.3) is 0 Å². The van der Waals surface area contributed by atoms with Crippen molar-refractivity contribution >= 4 is 17.7 Å². The number of hydrogen-bond donors (Lipinski definition) is 2. The Balaban J connectivity index is 1.37. The lowest BCUT2D eigenvalue weighted by Gasteiger charge is -2.17. The van der Waals surface area contributed by atoms with Crippen LogP contribution in [0.25, 0.3) is 0 Å². The standard InChI is InChI=1S/C17H25N3O3S/c1-18-17(20-12-3-5-14(9-12)24-2)19-7-8-21-13-4-6-15-16(10-13)23-11-22-15/h4,6,10,12,14H,3,5,7-9,11H2,1-2H3,(H2,18,19,20). The molecule has 24 heavy (non-hydrogen) atoms. The van der Waals surface area contributed by atoms with E-state index in [1.165, 1.54) is 19.3 Å². The number of fused-ring (bicyclic) bond motifs is 1. The normalized spacial score (nSPS) is 22.5. The average Bonchev–Trinajstić information content (AvgIpc) is 3.25. The maximum atomic E-state index is 5.75. The van der Waals surface area contributed by atoms with Gasteiger partial charge < -0.3 is 24.8 Å². The van der Waals surface area contributed by atoms with Crippen molar-refractivity contribution < 1.29 is 14.2 Å². The molecule has 0 saturated heterocycles. The fourth-order valence-corrected chi connectivity index (χ4v) is 3.77. The maximum Gasteiger partial charge on any atom is 0.231 e. The molecule has 1 aliphatic carbocycles. The monoisotopic (exact) mass is 351 g/mol. The minimum absolute atomic E-state index is 0.279. The van der Waals surface area contributed by atoms with Crippen LogP contribution in [0.3, 0.4) is 0 Å². The minimum Gasteiger partial charge on any atom is -0.492 e. The molecule has 2 atom stereocenters. The summed E-state index contributed by atoms with van der Waals surface area (Å²) in [5, 5.41) is 7.57. The van der Waals surface area contributed by atoms with Gasteiger partial charge in [-0.25, -0.2) is 0 Å². The maximum absolute atomic E-state index is 5.75. The summed E-state index contributed by atoms with van der Waals surface area (Å²) in [6.07, 6.45) is 5.88. The van der Waals surface area contributed by atoms with Gasteiger partial charge in [0.15, 0.2) is 17.5 Å². The summed E-state index contributed by atoms with van der Waals surface area (Å²) in [6.45, 7) is 1.52. The van der Waals surface area contributed by atoms with E-state index in [0.29, 0.717) is 19.2 Å². The molecule has 0 amide bonds. The van der Waals surface area contributed by atoms with Gasteiger partial charge in [0, 0.05) is 24.4 Å². The summed E-state index contributed by atoms with van der Waals surface area (Å²) in [4.78, 5) is 4.29. The van der Waals surface area contributed by atoms with Gasteiger partial charge in [-0.2, -0.15) is 11.8 Å². The molecule has 1 aromatic carbocycles. The molecule has 1 aromatic rings. The Morgan fingerprint density at radius 1 is 1.33 bits per heavy atom. The van der Waals surface area contributed by atoms with Crippen LogP contribution >= 0.6 is 11.8 Å². The fraction of sp³-hybridized carbons (Fsp3) is 0.588. The summed E-state index contributed by atoms with van der Waals surface area (Å²) in [6, 6.07) is 6.13. The highest BCUT2D eigenvalue weighted by Crippen LogP contribution is 2.35. The molecule has 0 aromatic heterocycles. The van der Waals surface area contributed by atoms with Crippen LogP contribution in [-0.4, -0.2) is 50.5 Å². The lowest BCUT2D eigenvalue weighted by Crippen LogP contribution is -2.43. The molecule has 0 bridgehead atoms. The van der Waals surface area contributed by atoms with Gasteiger partial charge in [0.05, 0.1) is 6.54 Å². The molecule has 1 heterocycles. The van der Waals surface area contributed by atoms with Gasteiger partial charge in [-0.1, -0.05) is 0 Å². The highest BCUT2D eigenvalue weighted by molar-refractivity contribution is 7.99. The Morgan fingerprint density at radius 3 is 3.00 bits per heavy atom. The van der Waals surface area contributed by atoms with Crippen molar-refractivity contribution in [2.75, 3.05) is 33.2 Å². The quantitative estimate of drug-likeness (QED) is 0.466. The summed E-state index contributed by atoms with van der Waals surface area (Å²) in [5.74, 6) is 3.13. The van der Waals surface area contributed by atoms with E-state index < -0.39 is 0 Å². The van der Waals surface area contributed by atoms with Crippen molar-refractivity contribution in [3.63, 3.8) is 0 Å². The first-order valence-electron chi connectivity index (χ1n) is 8.31. The van der Waals surface area contributed by atoms with E-state index >= 15 is 0 Å². The predicted molar refractivity (Wildman–Crippen MR) is 97.5 cm³/mol. The van der Waals surface area contributed by atoms with Gasteiger partial charge >= 0.3 is 0 Å². The highest BCUT2D eigenvalue weighted by Gasteiger charge is 2.24. The first kappa shape index (κ1) is 17.1. The zero-order valence-electron chi connectivity index (χ0n) is 14.2. The molecule has 3 rings (SSSR count). The van der Waals surface area contributed by atoms with Gasteiger partial charge in [-0.05, 0) is 37.7 Å². The Bertz CT molecular complexity index is 582. The van der Waals surface area contributed by atoms with E-state index in [4.69, 9.17) is 14.2 Å². The zero-order valence-corrected chi connectivity index (χ0v) is 15.0. The molecule has 2 aliphatic rings. The van der Waals surface area contributed by atoms with Crippen molar-refractivity contribution in [1.29, 1.82) is 0 Å². The topological polar surface area (TPSA) is 64.1 Å².